The second-order valence-corrected chi connectivity index (χ2v) is 5.10. The van der Waals surface area contributed by atoms with Crippen molar-refractivity contribution in [2.75, 3.05) is 0 Å². The van der Waals surface area contributed by atoms with E-state index in [1.807, 2.05) is 6.07 Å². The summed E-state index contributed by atoms with van der Waals surface area (Å²) < 4.78 is 0. The highest BCUT2D eigenvalue weighted by Crippen LogP contribution is 2.30. The molecule has 0 aliphatic carbocycles. The number of rotatable bonds is 3. The second-order valence-electron chi connectivity index (χ2n) is 4.70. The zero-order valence-corrected chi connectivity index (χ0v) is 12.0. The molecular weight excluding hydrogens is 254 g/mol. The molecular formula is C17H16ClN. The maximum absolute atomic E-state index is 8.87. The van der Waals surface area contributed by atoms with Gasteiger partial charge >= 0.3 is 0 Å². The van der Waals surface area contributed by atoms with Gasteiger partial charge in [0.1, 0.15) is 0 Å². The number of hydrogen-bond acceptors (Lipinski definition) is 1. The van der Waals surface area contributed by atoms with Crippen molar-refractivity contribution in [2.24, 2.45) is 0 Å². The van der Waals surface area contributed by atoms with Crippen molar-refractivity contribution in [3.8, 4) is 17.2 Å². The molecule has 2 aromatic carbocycles. The molecule has 96 valence electrons. The van der Waals surface area contributed by atoms with Crippen LogP contribution in [0.2, 0.25) is 5.02 Å². The number of hydrogen-bond donors (Lipinski definition) is 0. The van der Waals surface area contributed by atoms with Crippen molar-refractivity contribution in [1.29, 1.82) is 5.26 Å². The smallest absolute Gasteiger partial charge is 0.0992 e. The molecule has 0 saturated heterocycles. The zero-order valence-electron chi connectivity index (χ0n) is 11.2. The van der Waals surface area contributed by atoms with Crippen LogP contribution in [0, 0.1) is 18.3 Å². The molecule has 0 fully saturated rings. The first-order valence-electron chi connectivity index (χ1n) is 6.45. The summed E-state index contributed by atoms with van der Waals surface area (Å²) in [6.07, 6.45) is 2.21. The summed E-state index contributed by atoms with van der Waals surface area (Å²) in [5.74, 6) is 0. The van der Waals surface area contributed by atoms with Gasteiger partial charge in [-0.2, -0.15) is 5.26 Å². The standard InChI is InChI=1S/C17H16ClN/c1-3-4-14-10-15(7-5-12(14)2)16-8-6-13(11-19)9-17(16)18/h5-10H,3-4H2,1-2H3. The molecule has 19 heavy (non-hydrogen) atoms. The van der Waals surface area contributed by atoms with Gasteiger partial charge in [-0.05, 0) is 42.2 Å². The topological polar surface area (TPSA) is 23.8 Å². The molecule has 0 spiro atoms. The first-order chi connectivity index (χ1) is 9.15. The minimum absolute atomic E-state index is 0.592. The molecule has 0 atom stereocenters. The minimum atomic E-state index is 0.592. The van der Waals surface area contributed by atoms with E-state index in [9.17, 15) is 0 Å². The molecule has 0 saturated carbocycles. The Morgan fingerprint density at radius 2 is 1.95 bits per heavy atom. The van der Waals surface area contributed by atoms with Crippen LogP contribution < -0.4 is 0 Å². The minimum Gasteiger partial charge on any atom is -0.192 e. The Morgan fingerprint density at radius 1 is 1.16 bits per heavy atom. The molecule has 2 aromatic rings. The maximum Gasteiger partial charge on any atom is 0.0992 e. The van der Waals surface area contributed by atoms with Crippen LogP contribution in [0.4, 0.5) is 0 Å². The lowest BCUT2D eigenvalue weighted by Gasteiger charge is -2.10. The molecule has 0 N–H and O–H groups in total. The van der Waals surface area contributed by atoms with Crippen LogP contribution >= 0.6 is 11.6 Å². The average molecular weight is 270 g/mol. The number of aryl methyl sites for hydroxylation is 2. The fourth-order valence-corrected chi connectivity index (χ4v) is 2.49. The van der Waals surface area contributed by atoms with Crippen molar-refractivity contribution in [3.05, 3.63) is 58.1 Å². The lowest BCUT2D eigenvalue weighted by Crippen LogP contribution is -1.90. The van der Waals surface area contributed by atoms with Gasteiger partial charge in [-0.3, -0.25) is 0 Å². The first-order valence-corrected chi connectivity index (χ1v) is 6.83. The summed E-state index contributed by atoms with van der Waals surface area (Å²) in [6.45, 7) is 4.32. The summed E-state index contributed by atoms with van der Waals surface area (Å²) in [5.41, 5.74) is 5.37. The monoisotopic (exact) mass is 269 g/mol. The van der Waals surface area contributed by atoms with E-state index in [-0.39, 0.29) is 0 Å². The fourth-order valence-electron chi connectivity index (χ4n) is 2.20. The van der Waals surface area contributed by atoms with Crippen LogP contribution in [0.3, 0.4) is 0 Å². The molecule has 2 rings (SSSR count). The molecule has 0 bridgehead atoms. The summed E-state index contributed by atoms with van der Waals surface area (Å²) >= 11 is 6.26. The normalized spacial score (nSPS) is 10.2. The number of nitrogens with zero attached hydrogens (tertiary/aromatic N) is 1. The molecule has 0 aliphatic rings. The van der Waals surface area contributed by atoms with Crippen LogP contribution in [0.5, 0.6) is 0 Å². The van der Waals surface area contributed by atoms with Crippen LogP contribution in [0.25, 0.3) is 11.1 Å². The largest absolute Gasteiger partial charge is 0.192 e. The van der Waals surface area contributed by atoms with Crippen molar-refractivity contribution < 1.29 is 0 Å². The van der Waals surface area contributed by atoms with E-state index in [0.717, 1.165) is 24.0 Å². The van der Waals surface area contributed by atoms with E-state index in [1.165, 1.54) is 11.1 Å². The number of benzene rings is 2. The average Bonchev–Trinajstić information content (AvgIpc) is 2.41. The molecule has 2 heteroatoms. The Hall–Kier alpha value is -1.78. The molecule has 0 aliphatic heterocycles. The summed E-state index contributed by atoms with van der Waals surface area (Å²) in [7, 11) is 0. The maximum atomic E-state index is 8.87. The first kappa shape index (κ1) is 13.6. The van der Waals surface area contributed by atoms with Crippen molar-refractivity contribution in [1.82, 2.24) is 0 Å². The van der Waals surface area contributed by atoms with Gasteiger partial charge in [0.25, 0.3) is 0 Å². The third kappa shape index (κ3) is 2.97. The molecule has 0 amide bonds. The van der Waals surface area contributed by atoms with Crippen molar-refractivity contribution in [3.63, 3.8) is 0 Å². The quantitative estimate of drug-likeness (QED) is 0.757. The molecule has 1 nitrogen and oxygen atoms in total. The highest BCUT2D eigenvalue weighted by atomic mass is 35.5. The van der Waals surface area contributed by atoms with Gasteiger partial charge < -0.3 is 0 Å². The van der Waals surface area contributed by atoms with Gasteiger partial charge in [-0.1, -0.05) is 49.2 Å². The Kier molecular flexibility index (Phi) is 4.24. The van der Waals surface area contributed by atoms with Crippen molar-refractivity contribution in [2.45, 2.75) is 26.7 Å². The Morgan fingerprint density at radius 3 is 2.58 bits per heavy atom. The van der Waals surface area contributed by atoms with Crippen LogP contribution in [-0.4, -0.2) is 0 Å². The van der Waals surface area contributed by atoms with E-state index in [2.05, 4.69) is 38.1 Å². The summed E-state index contributed by atoms with van der Waals surface area (Å²) in [5, 5.41) is 9.50. The van der Waals surface area contributed by atoms with Gasteiger partial charge in [-0.15, -0.1) is 0 Å². The lowest BCUT2D eigenvalue weighted by atomic mass is 9.97. The third-order valence-electron chi connectivity index (χ3n) is 3.28. The highest BCUT2D eigenvalue weighted by molar-refractivity contribution is 6.33. The Labute approximate surface area is 119 Å². The molecule has 0 radical (unpaired) electrons. The number of halogens is 1. The second kappa shape index (κ2) is 5.91. The predicted octanol–water partition coefficient (Wildman–Crippen LogP) is 5.14. The van der Waals surface area contributed by atoms with E-state index >= 15 is 0 Å². The summed E-state index contributed by atoms with van der Waals surface area (Å²) in [6, 6.07) is 14.0. The van der Waals surface area contributed by atoms with Gasteiger partial charge in [0.2, 0.25) is 0 Å². The van der Waals surface area contributed by atoms with Crippen molar-refractivity contribution >= 4 is 11.6 Å². The lowest BCUT2D eigenvalue weighted by molar-refractivity contribution is 0.913. The van der Waals surface area contributed by atoms with Gasteiger partial charge in [-0.25, -0.2) is 0 Å². The van der Waals surface area contributed by atoms with Gasteiger partial charge in [0, 0.05) is 10.6 Å². The Bertz CT molecular complexity index is 638. The SMILES string of the molecule is CCCc1cc(-c2ccc(C#N)cc2Cl)ccc1C. The molecule has 0 heterocycles. The summed E-state index contributed by atoms with van der Waals surface area (Å²) in [4.78, 5) is 0. The fraction of sp³-hybridized carbons (Fsp3) is 0.235. The number of nitriles is 1. The van der Waals surface area contributed by atoms with Crippen LogP contribution in [-0.2, 0) is 6.42 Å². The van der Waals surface area contributed by atoms with E-state index < -0.39 is 0 Å². The third-order valence-corrected chi connectivity index (χ3v) is 3.59. The van der Waals surface area contributed by atoms with E-state index in [1.54, 1.807) is 12.1 Å². The molecule has 0 unspecified atom stereocenters. The molecule has 0 aromatic heterocycles. The highest BCUT2D eigenvalue weighted by Gasteiger charge is 2.07. The van der Waals surface area contributed by atoms with Crippen LogP contribution in [0.1, 0.15) is 30.0 Å². The Balaban J connectivity index is 2.47. The van der Waals surface area contributed by atoms with E-state index in [4.69, 9.17) is 16.9 Å². The van der Waals surface area contributed by atoms with E-state index in [0.29, 0.717) is 10.6 Å². The zero-order chi connectivity index (χ0) is 13.8. The van der Waals surface area contributed by atoms with Gasteiger partial charge in [0.05, 0.1) is 11.6 Å². The predicted molar refractivity (Wildman–Crippen MR) is 80.3 cm³/mol. The van der Waals surface area contributed by atoms with Crippen LogP contribution in [0.15, 0.2) is 36.4 Å². The van der Waals surface area contributed by atoms with Gasteiger partial charge in [0.15, 0.2) is 0 Å².